The Balaban J connectivity index is 2.21. The number of thiazole rings is 1. The van der Waals surface area contributed by atoms with Gasteiger partial charge < -0.3 is 10.1 Å². The van der Waals surface area contributed by atoms with E-state index in [-0.39, 0.29) is 0 Å². The van der Waals surface area contributed by atoms with Crippen LogP contribution in [0.25, 0.3) is 0 Å². The fraction of sp³-hybridized carbons (Fsp3) is 0.400. The molecule has 1 N–H and O–H groups in total. The Morgan fingerprint density at radius 1 is 1.37 bits per heavy atom. The summed E-state index contributed by atoms with van der Waals surface area (Å²) in [6, 6.07) is 8.49. The summed E-state index contributed by atoms with van der Waals surface area (Å²) in [5.74, 6) is 0.951. The molecule has 0 aliphatic heterocycles. The maximum absolute atomic E-state index is 5.43. The van der Waals surface area contributed by atoms with Crippen molar-refractivity contribution in [3.05, 3.63) is 45.9 Å². The van der Waals surface area contributed by atoms with E-state index >= 15 is 0 Å². The zero-order chi connectivity index (χ0) is 13.7. The first-order valence-corrected chi connectivity index (χ1v) is 7.33. The molecular formula is C15H20N2OS. The molecule has 19 heavy (non-hydrogen) atoms. The number of nitrogens with one attached hydrogen (secondary N) is 1. The maximum atomic E-state index is 5.43. The minimum absolute atomic E-state index is 0.299. The number of para-hydroxylation sites is 1. The molecule has 1 unspecified atom stereocenters. The predicted octanol–water partition coefficient (Wildman–Crippen LogP) is 3.35. The van der Waals surface area contributed by atoms with Gasteiger partial charge in [0.1, 0.15) is 5.75 Å². The largest absolute Gasteiger partial charge is 0.496 e. The molecule has 0 radical (unpaired) electrons. The number of rotatable bonds is 6. The highest BCUT2D eigenvalue weighted by atomic mass is 32.1. The van der Waals surface area contributed by atoms with Gasteiger partial charge in [0.15, 0.2) is 0 Å². The van der Waals surface area contributed by atoms with Gasteiger partial charge in [0.05, 0.1) is 12.1 Å². The van der Waals surface area contributed by atoms with E-state index in [0.29, 0.717) is 6.04 Å². The number of hydrogen-bond donors (Lipinski definition) is 1. The number of nitrogens with zero attached hydrogens (tertiary/aromatic N) is 1. The summed E-state index contributed by atoms with van der Waals surface area (Å²) in [5.41, 5.74) is 1.22. The molecular weight excluding hydrogens is 256 g/mol. The minimum atomic E-state index is 0.299. The topological polar surface area (TPSA) is 34.1 Å². The van der Waals surface area contributed by atoms with Crippen LogP contribution in [0.15, 0.2) is 30.5 Å². The van der Waals surface area contributed by atoms with Gasteiger partial charge in [-0.1, -0.05) is 25.1 Å². The van der Waals surface area contributed by atoms with Gasteiger partial charge in [0, 0.05) is 17.1 Å². The smallest absolute Gasteiger partial charge is 0.122 e. The molecule has 2 rings (SSSR count). The van der Waals surface area contributed by atoms with Crippen LogP contribution in [0.5, 0.6) is 5.75 Å². The molecule has 0 bridgehead atoms. The van der Waals surface area contributed by atoms with Gasteiger partial charge in [0.2, 0.25) is 0 Å². The highest BCUT2D eigenvalue weighted by molar-refractivity contribution is 7.11. The van der Waals surface area contributed by atoms with Crippen LogP contribution in [0.1, 0.15) is 28.4 Å². The second-order valence-corrected chi connectivity index (χ2v) is 5.67. The molecule has 0 saturated heterocycles. The Labute approximate surface area is 118 Å². The lowest BCUT2D eigenvalue weighted by Crippen LogP contribution is -2.22. The van der Waals surface area contributed by atoms with Crippen LogP contribution in [0, 0.1) is 6.92 Å². The first-order valence-electron chi connectivity index (χ1n) is 6.52. The van der Waals surface area contributed by atoms with E-state index in [2.05, 4.69) is 29.4 Å². The summed E-state index contributed by atoms with van der Waals surface area (Å²) in [6.07, 6.45) is 2.89. The number of ether oxygens (including phenoxy) is 1. The lowest BCUT2D eigenvalue weighted by molar-refractivity contribution is 0.406. The van der Waals surface area contributed by atoms with Crippen molar-refractivity contribution in [3.63, 3.8) is 0 Å². The molecule has 1 aromatic carbocycles. The summed E-state index contributed by atoms with van der Waals surface area (Å²) in [6.45, 7) is 5.11. The van der Waals surface area contributed by atoms with Crippen molar-refractivity contribution in [2.75, 3.05) is 13.7 Å². The van der Waals surface area contributed by atoms with Gasteiger partial charge >= 0.3 is 0 Å². The van der Waals surface area contributed by atoms with E-state index in [0.717, 1.165) is 23.7 Å². The van der Waals surface area contributed by atoms with Crippen molar-refractivity contribution in [3.8, 4) is 5.75 Å². The van der Waals surface area contributed by atoms with Crippen molar-refractivity contribution in [1.82, 2.24) is 10.3 Å². The third-order valence-electron chi connectivity index (χ3n) is 3.05. The van der Waals surface area contributed by atoms with E-state index in [1.54, 1.807) is 18.4 Å². The molecule has 0 aliphatic rings. The molecule has 0 fully saturated rings. The molecule has 3 nitrogen and oxygen atoms in total. The number of likely N-dealkylation sites (N-methyl/N-ethyl adjacent to an activating group) is 1. The average Bonchev–Trinajstić information content (AvgIpc) is 2.85. The zero-order valence-electron chi connectivity index (χ0n) is 11.6. The Hall–Kier alpha value is -1.39. The van der Waals surface area contributed by atoms with Crippen LogP contribution in [0.4, 0.5) is 0 Å². The fourth-order valence-electron chi connectivity index (χ4n) is 2.15. The van der Waals surface area contributed by atoms with Crippen molar-refractivity contribution in [2.24, 2.45) is 0 Å². The lowest BCUT2D eigenvalue weighted by Gasteiger charge is -2.17. The summed E-state index contributed by atoms with van der Waals surface area (Å²) in [5, 5.41) is 4.64. The van der Waals surface area contributed by atoms with Crippen molar-refractivity contribution in [2.45, 2.75) is 26.3 Å². The molecule has 1 heterocycles. The molecule has 4 heteroatoms. The van der Waals surface area contributed by atoms with Gasteiger partial charge in [-0.3, -0.25) is 0 Å². The molecule has 102 valence electrons. The van der Waals surface area contributed by atoms with Gasteiger partial charge in [0.25, 0.3) is 0 Å². The summed E-state index contributed by atoms with van der Waals surface area (Å²) in [7, 11) is 1.72. The highest BCUT2D eigenvalue weighted by Crippen LogP contribution is 2.27. The number of aromatic nitrogens is 1. The molecule has 0 aliphatic carbocycles. The van der Waals surface area contributed by atoms with E-state index in [9.17, 15) is 0 Å². The number of hydrogen-bond acceptors (Lipinski definition) is 4. The van der Waals surface area contributed by atoms with Crippen LogP contribution >= 0.6 is 11.3 Å². The minimum Gasteiger partial charge on any atom is -0.496 e. The van der Waals surface area contributed by atoms with Crippen molar-refractivity contribution in [1.29, 1.82) is 0 Å². The number of methoxy groups -OCH3 is 1. The first kappa shape index (κ1) is 14.0. The van der Waals surface area contributed by atoms with E-state index in [4.69, 9.17) is 4.74 Å². The second kappa shape index (κ2) is 6.68. The highest BCUT2D eigenvalue weighted by Gasteiger charge is 2.15. The molecule has 0 saturated carbocycles. The molecule has 2 aromatic rings. The monoisotopic (exact) mass is 276 g/mol. The third-order valence-corrected chi connectivity index (χ3v) is 4.08. The van der Waals surface area contributed by atoms with Crippen LogP contribution in [0.2, 0.25) is 0 Å². The average molecular weight is 276 g/mol. The zero-order valence-corrected chi connectivity index (χ0v) is 12.5. The second-order valence-electron chi connectivity index (χ2n) is 4.41. The lowest BCUT2D eigenvalue weighted by atomic mass is 10.0. The number of aryl methyl sites for hydroxylation is 1. The third kappa shape index (κ3) is 3.55. The van der Waals surface area contributed by atoms with Crippen LogP contribution < -0.4 is 10.1 Å². The van der Waals surface area contributed by atoms with Crippen molar-refractivity contribution >= 4 is 11.3 Å². The predicted molar refractivity (Wildman–Crippen MR) is 80.0 cm³/mol. The standard InChI is InChI=1S/C15H20N2OS/c1-4-16-13(15-10-17-11(2)19-15)9-12-7-5-6-8-14(12)18-3/h5-8,10,13,16H,4,9H2,1-3H3. The molecule has 1 aromatic heterocycles. The SMILES string of the molecule is CCNC(Cc1ccccc1OC)c1cnc(C)s1. The molecule has 0 amide bonds. The fourth-order valence-corrected chi connectivity index (χ4v) is 3.01. The summed E-state index contributed by atoms with van der Waals surface area (Å²) >= 11 is 1.75. The van der Waals surface area contributed by atoms with Crippen LogP contribution in [-0.2, 0) is 6.42 Å². The van der Waals surface area contributed by atoms with Crippen LogP contribution in [-0.4, -0.2) is 18.6 Å². The number of benzene rings is 1. The van der Waals surface area contributed by atoms with Gasteiger partial charge in [-0.2, -0.15) is 0 Å². The normalized spacial score (nSPS) is 12.4. The summed E-state index contributed by atoms with van der Waals surface area (Å²) < 4.78 is 5.43. The van der Waals surface area contributed by atoms with E-state index in [1.807, 2.05) is 25.3 Å². The Kier molecular flexibility index (Phi) is 4.93. The van der Waals surface area contributed by atoms with E-state index in [1.165, 1.54) is 10.4 Å². The Morgan fingerprint density at radius 2 is 2.16 bits per heavy atom. The Bertz CT molecular complexity index is 524. The van der Waals surface area contributed by atoms with Gasteiger partial charge in [-0.15, -0.1) is 11.3 Å². The van der Waals surface area contributed by atoms with Crippen LogP contribution in [0.3, 0.4) is 0 Å². The molecule has 1 atom stereocenters. The molecule has 0 spiro atoms. The first-order chi connectivity index (χ1) is 9.24. The Morgan fingerprint density at radius 3 is 2.79 bits per heavy atom. The maximum Gasteiger partial charge on any atom is 0.122 e. The van der Waals surface area contributed by atoms with Gasteiger partial charge in [-0.25, -0.2) is 4.98 Å². The van der Waals surface area contributed by atoms with E-state index < -0.39 is 0 Å². The summed E-state index contributed by atoms with van der Waals surface area (Å²) in [4.78, 5) is 5.63. The van der Waals surface area contributed by atoms with Crippen molar-refractivity contribution < 1.29 is 4.74 Å². The quantitative estimate of drug-likeness (QED) is 0.878. The van der Waals surface area contributed by atoms with Gasteiger partial charge in [-0.05, 0) is 31.5 Å².